The van der Waals surface area contributed by atoms with E-state index >= 15 is 0 Å². The average Bonchev–Trinajstić information content (AvgIpc) is 3.29. The molecule has 0 aliphatic rings. The lowest BCUT2D eigenvalue weighted by Gasteiger charge is -2.07. The van der Waals surface area contributed by atoms with E-state index in [-0.39, 0.29) is 5.91 Å². The third-order valence-electron chi connectivity index (χ3n) is 4.47. The predicted molar refractivity (Wildman–Crippen MR) is 121 cm³/mol. The van der Waals surface area contributed by atoms with Crippen LogP contribution in [0.4, 0.5) is 5.69 Å². The molecule has 0 unspecified atom stereocenters. The van der Waals surface area contributed by atoms with Crippen LogP contribution in [0.5, 0.6) is 0 Å². The molecule has 6 nitrogen and oxygen atoms in total. The summed E-state index contributed by atoms with van der Waals surface area (Å²) in [5, 5.41) is 12.7. The lowest BCUT2D eigenvalue weighted by atomic mass is 10.1. The number of aryl methyl sites for hydroxylation is 3. The Bertz CT molecular complexity index is 1160. The van der Waals surface area contributed by atoms with Gasteiger partial charge in [0.1, 0.15) is 6.33 Å². The largest absolute Gasteiger partial charge is 0.326 e. The number of hydrogen-bond donors (Lipinski definition) is 1. The van der Waals surface area contributed by atoms with Crippen LogP contribution in [-0.2, 0) is 18.3 Å². The fourth-order valence-corrected chi connectivity index (χ4v) is 4.67. The number of rotatable bonds is 6. The molecule has 0 radical (unpaired) electrons. The minimum atomic E-state index is -0.0549. The zero-order valence-corrected chi connectivity index (χ0v) is 18.5. The Kier molecular flexibility index (Phi) is 5.96. The lowest BCUT2D eigenvalue weighted by Crippen LogP contribution is -2.14. The van der Waals surface area contributed by atoms with Gasteiger partial charge in [0, 0.05) is 28.1 Å². The molecule has 30 heavy (non-hydrogen) atoms. The van der Waals surface area contributed by atoms with E-state index in [1.54, 1.807) is 17.7 Å². The van der Waals surface area contributed by atoms with E-state index in [0.29, 0.717) is 6.42 Å². The van der Waals surface area contributed by atoms with Gasteiger partial charge in [0.2, 0.25) is 5.91 Å². The summed E-state index contributed by atoms with van der Waals surface area (Å²) in [5.74, 6) is -0.0549. The number of amides is 1. The first-order valence-electron chi connectivity index (χ1n) is 9.43. The number of hydrogen-bond acceptors (Lipinski definition) is 6. The first-order chi connectivity index (χ1) is 14.5. The second-order valence-corrected chi connectivity index (χ2v) is 9.27. The van der Waals surface area contributed by atoms with Gasteiger partial charge in [0.25, 0.3) is 0 Å². The van der Waals surface area contributed by atoms with E-state index in [4.69, 9.17) is 0 Å². The smallest absolute Gasteiger partial charge is 0.229 e. The van der Waals surface area contributed by atoms with Gasteiger partial charge in [0.15, 0.2) is 5.16 Å². The Hall–Kier alpha value is -2.97. The maximum absolute atomic E-state index is 12.7. The number of aromatic nitrogens is 4. The van der Waals surface area contributed by atoms with Gasteiger partial charge >= 0.3 is 0 Å². The summed E-state index contributed by atoms with van der Waals surface area (Å²) in [5.41, 5.74) is 3.90. The normalized spacial score (nSPS) is 10.9. The van der Waals surface area contributed by atoms with Gasteiger partial charge < -0.3 is 9.88 Å². The van der Waals surface area contributed by atoms with Crippen molar-refractivity contribution in [3.05, 3.63) is 70.3 Å². The van der Waals surface area contributed by atoms with E-state index < -0.39 is 0 Å². The zero-order chi connectivity index (χ0) is 21.1. The molecule has 8 heteroatoms. The van der Waals surface area contributed by atoms with E-state index in [1.807, 2.05) is 42.8 Å². The molecule has 152 valence electrons. The molecule has 0 aliphatic carbocycles. The van der Waals surface area contributed by atoms with Crippen molar-refractivity contribution in [2.45, 2.75) is 30.3 Å². The average molecular weight is 436 g/mol. The topological polar surface area (TPSA) is 72.7 Å². The molecular weight excluding hydrogens is 414 g/mol. The summed E-state index contributed by atoms with van der Waals surface area (Å²) in [6.45, 7) is 4.03. The Labute approximate surface area is 183 Å². The van der Waals surface area contributed by atoms with Crippen molar-refractivity contribution in [3.8, 4) is 11.3 Å². The van der Waals surface area contributed by atoms with Crippen LogP contribution in [-0.4, -0.2) is 25.7 Å². The number of carbonyl (C=O) groups excluding carboxylic acids is 1. The number of nitrogens with zero attached hydrogens (tertiary/aromatic N) is 4. The predicted octanol–water partition coefficient (Wildman–Crippen LogP) is 4.89. The van der Waals surface area contributed by atoms with Gasteiger partial charge in [-0.05, 0) is 49.9 Å². The second-order valence-electron chi connectivity index (χ2n) is 6.95. The molecular formula is C22H21N5OS2. The second kappa shape index (κ2) is 8.81. The van der Waals surface area contributed by atoms with Crippen molar-refractivity contribution in [1.82, 2.24) is 19.7 Å². The fourth-order valence-electron chi connectivity index (χ4n) is 2.95. The molecule has 1 amide bonds. The van der Waals surface area contributed by atoms with Crippen LogP contribution < -0.4 is 5.32 Å². The highest BCUT2D eigenvalue weighted by molar-refractivity contribution is 7.99. The highest BCUT2D eigenvalue weighted by Gasteiger charge is 2.15. The van der Waals surface area contributed by atoms with Gasteiger partial charge in [-0.3, -0.25) is 4.79 Å². The Morgan fingerprint density at radius 2 is 1.83 bits per heavy atom. The monoisotopic (exact) mass is 435 g/mol. The quantitative estimate of drug-likeness (QED) is 0.467. The minimum Gasteiger partial charge on any atom is -0.326 e. The lowest BCUT2D eigenvalue weighted by molar-refractivity contribution is -0.115. The Morgan fingerprint density at radius 3 is 2.50 bits per heavy atom. The third kappa shape index (κ3) is 4.77. The van der Waals surface area contributed by atoms with E-state index in [0.717, 1.165) is 36.9 Å². The Balaban J connectivity index is 1.43. The van der Waals surface area contributed by atoms with Crippen LogP contribution in [0.15, 0.2) is 64.9 Å². The molecule has 0 spiro atoms. The van der Waals surface area contributed by atoms with Crippen LogP contribution in [0.3, 0.4) is 0 Å². The zero-order valence-electron chi connectivity index (χ0n) is 16.9. The van der Waals surface area contributed by atoms with Gasteiger partial charge in [0.05, 0.1) is 17.1 Å². The molecule has 0 saturated carbocycles. The van der Waals surface area contributed by atoms with Gasteiger partial charge in [-0.25, -0.2) is 4.98 Å². The molecule has 4 rings (SSSR count). The third-order valence-corrected chi connectivity index (χ3v) is 6.50. The highest BCUT2D eigenvalue weighted by Crippen LogP contribution is 2.29. The molecule has 2 heterocycles. The van der Waals surface area contributed by atoms with E-state index in [1.165, 1.54) is 17.3 Å². The number of nitrogens with one attached hydrogen (secondary N) is 1. The number of carbonyl (C=O) groups is 1. The number of anilines is 1. The fraction of sp³-hybridized carbons (Fsp3) is 0.182. The summed E-state index contributed by atoms with van der Waals surface area (Å²) in [4.78, 5) is 19.3. The summed E-state index contributed by atoms with van der Waals surface area (Å²) >= 11 is 3.09. The van der Waals surface area contributed by atoms with Crippen molar-refractivity contribution in [3.63, 3.8) is 0 Å². The van der Waals surface area contributed by atoms with Crippen molar-refractivity contribution in [2.24, 2.45) is 7.05 Å². The summed E-state index contributed by atoms with van der Waals surface area (Å²) < 4.78 is 1.86. The molecule has 0 fully saturated rings. The number of thiazole rings is 1. The first kappa shape index (κ1) is 20.3. The SMILES string of the molecule is Cc1ccc(-c2nc(C)sc2CC(=O)Nc2ccc(Sc3nncn3C)cc2)cc1. The molecule has 2 aromatic heterocycles. The van der Waals surface area contributed by atoms with Crippen LogP contribution in [0.25, 0.3) is 11.3 Å². The molecule has 0 atom stereocenters. The van der Waals surface area contributed by atoms with Gasteiger partial charge in [-0.1, -0.05) is 29.8 Å². The van der Waals surface area contributed by atoms with Crippen molar-refractivity contribution >= 4 is 34.7 Å². The standard InChI is InChI=1S/C22H21N5OS2/c1-14-4-6-16(7-5-14)21-19(29-15(2)24-21)12-20(28)25-17-8-10-18(11-9-17)30-22-26-23-13-27(22)3/h4-11,13H,12H2,1-3H3,(H,25,28). The molecule has 2 aromatic carbocycles. The van der Waals surface area contributed by atoms with Gasteiger partial charge in [-0.2, -0.15) is 0 Å². The molecule has 1 N–H and O–H groups in total. The van der Waals surface area contributed by atoms with Crippen molar-refractivity contribution < 1.29 is 4.79 Å². The highest BCUT2D eigenvalue weighted by atomic mass is 32.2. The van der Waals surface area contributed by atoms with Crippen LogP contribution in [0.2, 0.25) is 0 Å². The number of benzene rings is 2. The molecule has 0 saturated heterocycles. The van der Waals surface area contributed by atoms with Crippen LogP contribution in [0, 0.1) is 13.8 Å². The summed E-state index contributed by atoms with van der Waals surface area (Å²) in [6.07, 6.45) is 1.97. The first-order valence-corrected chi connectivity index (χ1v) is 11.1. The summed E-state index contributed by atoms with van der Waals surface area (Å²) in [6, 6.07) is 16.0. The van der Waals surface area contributed by atoms with Gasteiger partial charge in [-0.15, -0.1) is 21.5 Å². The van der Waals surface area contributed by atoms with E-state index in [2.05, 4.69) is 51.7 Å². The maximum Gasteiger partial charge on any atom is 0.229 e. The van der Waals surface area contributed by atoms with Crippen LogP contribution in [0.1, 0.15) is 15.4 Å². The summed E-state index contributed by atoms with van der Waals surface area (Å²) in [7, 11) is 1.91. The maximum atomic E-state index is 12.7. The molecule has 0 aliphatic heterocycles. The van der Waals surface area contributed by atoms with Crippen molar-refractivity contribution in [1.29, 1.82) is 0 Å². The van der Waals surface area contributed by atoms with Crippen molar-refractivity contribution in [2.75, 3.05) is 5.32 Å². The minimum absolute atomic E-state index is 0.0549. The molecule has 0 bridgehead atoms. The Morgan fingerprint density at radius 1 is 1.10 bits per heavy atom. The van der Waals surface area contributed by atoms with Crippen LogP contribution >= 0.6 is 23.1 Å². The molecule has 4 aromatic rings. The van der Waals surface area contributed by atoms with E-state index in [9.17, 15) is 4.79 Å².